The summed E-state index contributed by atoms with van der Waals surface area (Å²) in [7, 11) is 0. The first-order chi connectivity index (χ1) is 7.91. The van der Waals surface area contributed by atoms with E-state index in [-0.39, 0.29) is 17.3 Å². The van der Waals surface area contributed by atoms with E-state index in [0.717, 1.165) is 23.1 Å². The molecule has 0 saturated carbocycles. The van der Waals surface area contributed by atoms with Crippen molar-refractivity contribution in [2.45, 2.75) is 45.5 Å². The summed E-state index contributed by atoms with van der Waals surface area (Å²) >= 11 is 5.91. The summed E-state index contributed by atoms with van der Waals surface area (Å²) in [6, 6.07) is 5.87. The fourth-order valence-electron chi connectivity index (χ4n) is 1.84. The first-order valence-corrected chi connectivity index (χ1v) is 6.36. The molecular weight excluding hydrogens is 234 g/mol. The van der Waals surface area contributed by atoms with E-state index in [4.69, 9.17) is 11.6 Å². The summed E-state index contributed by atoms with van der Waals surface area (Å²) < 4.78 is 0. The Morgan fingerprint density at radius 2 is 2.00 bits per heavy atom. The van der Waals surface area contributed by atoms with Gasteiger partial charge in [0.25, 0.3) is 5.91 Å². The molecule has 0 aliphatic rings. The number of carbonyl (C=O) groups is 1. The maximum atomic E-state index is 12.1. The van der Waals surface area contributed by atoms with E-state index >= 15 is 0 Å². The monoisotopic (exact) mass is 253 g/mol. The molecule has 2 unspecified atom stereocenters. The van der Waals surface area contributed by atoms with Crippen LogP contribution in [0.15, 0.2) is 18.2 Å². The lowest BCUT2D eigenvalue weighted by molar-refractivity contribution is 0.0938. The highest BCUT2D eigenvalue weighted by atomic mass is 35.5. The molecule has 1 rings (SSSR count). The topological polar surface area (TPSA) is 29.1 Å². The van der Waals surface area contributed by atoms with Gasteiger partial charge in [-0.15, -0.1) is 11.6 Å². The molecule has 94 valence electrons. The Morgan fingerprint density at radius 3 is 2.59 bits per heavy atom. The van der Waals surface area contributed by atoms with Gasteiger partial charge in [0, 0.05) is 17.0 Å². The predicted octanol–water partition coefficient (Wildman–Crippen LogP) is 3.44. The third kappa shape index (κ3) is 4.04. The molecule has 0 saturated heterocycles. The molecular formula is C14H20ClNO. The lowest BCUT2D eigenvalue weighted by atomic mass is 10.0. The first kappa shape index (κ1) is 14.0. The largest absolute Gasteiger partial charge is 0.350 e. The van der Waals surface area contributed by atoms with Crippen LogP contribution in [0.25, 0.3) is 0 Å². The quantitative estimate of drug-likeness (QED) is 0.819. The van der Waals surface area contributed by atoms with Crippen molar-refractivity contribution in [3.63, 3.8) is 0 Å². The average Bonchev–Trinajstić information content (AvgIpc) is 2.20. The van der Waals surface area contributed by atoms with Crippen LogP contribution in [0.4, 0.5) is 0 Å². The number of hydrogen-bond donors (Lipinski definition) is 1. The van der Waals surface area contributed by atoms with Gasteiger partial charge in [-0.05, 0) is 51.3 Å². The lowest BCUT2D eigenvalue weighted by Crippen LogP contribution is -2.34. The molecule has 0 aromatic heterocycles. The summed E-state index contributed by atoms with van der Waals surface area (Å²) in [6.07, 6.45) is 0.776. The first-order valence-electron chi connectivity index (χ1n) is 5.93. The van der Waals surface area contributed by atoms with Crippen molar-refractivity contribution >= 4 is 17.5 Å². The number of amides is 1. The maximum absolute atomic E-state index is 12.1. The van der Waals surface area contributed by atoms with Crippen LogP contribution >= 0.6 is 11.6 Å². The van der Waals surface area contributed by atoms with Gasteiger partial charge in [0.05, 0.1) is 0 Å². The molecule has 0 heterocycles. The average molecular weight is 254 g/mol. The number of aryl methyl sites for hydroxylation is 1. The fourth-order valence-corrected chi connectivity index (χ4v) is 2.11. The molecule has 1 N–H and O–H groups in total. The molecule has 17 heavy (non-hydrogen) atoms. The van der Waals surface area contributed by atoms with Crippen LogP contribution in [0.2, 0.25) is 0 Å². The minimum Gasteiger partial charge on any atom is -0.350 e. The summed E-state index contributed by atoms with van der Waals surface area (Å²) in [5.41, 5.74) is 2.92. The normalized spacial score (nSPS) is 14.2. The van der Waals surface area contributed by atoms with E-state index in [2.05, 4.69) is 5.32 Å². The molecule has 3 heteroatoms. The molecule has 0 fully saturated rings. The summed E-state index contributed by atoms with van der Waals surface area (Å²) in [6.45, 7) is 7.89. The molecule has 0 spiro atoms. The minimum absolute atomic E-state index is 0.0176. The number of halogens is 1. The SMILES string of the molecule is Cc1cccc(C(=O)NC(C)CC(C)Cl)c1C. The Hall–Kier alpha value is -1.02. The highest BCUT2D eigenvalue weighted by Crippen LogP contribution is 2.13. The van der Waals surface area contributed by atoms with Gasteiger partial charge in [0.2, 0.25) is 0 Å². The van der Waals surface area contributed by atoms with E-state index in [1.165, 1.54) is 0 Å². The van der Waals surface area contributed by atoms with Crippen LogP contribution < -0.4 is 5.32 Å². The Bertz CT molecular complexity index is 401. The van der Waals surface area contributed by atoms with E-state index in [9.17, 15) is 4.79 Å². The van der Waals surface area contributed by atoms with Crippen molar-refractivity contribution in [3.05, 3.63) is 34.9 Å². The highest BCUT2D eigenvalue weighted by molar-refractivity contribution is 6.20. The molecule has 1 aromatic carbocycles. The van der Waals surface area contributed by atoms with Gasteiger partial charge in [0.1, 0.15) is 0 Å². The number of nitrogens with one attached hydrogen (secondary N) is 1. The number of alkyl halides is 1. The zero-order valence-electron chi connectivity index (χ0n) is 10.9. The van der Waals surface area contributed by atoms with Gasteiger partial charge < -0.3 is 5.32 Å². The summed E-state index contributed by atoms with van der Waals surface area (Å²) in [4.78, 5) is 12.1. The van der Waals surface area contributed by atoms with Crippen LogP contribution in [-0.4, -0.2) is 17.3 Å². The van der Waals surface area contributed by atoms with Crippen molar-refractivity contribution in [1.82, 2.24) is 5.32 Å². The molecule has 0 aliphatic carbocycles. The zero-order valence-corrected chi connectivity index (χ0v) is 11.6. The molecule has 1 amide bonds. The van der Waals surface area contributed by atoms with Crippen molar-refractivity contribution in [3.8, 4) is 0 Å². The van der Waals surface area contributed by atoms with Gasteiger partial charge >= 0.3 is 0 Å². The Balaban J connectivity index is 2.73. The molecule has 0 bridgehead atoms. The zero-order chi connectivity index (χ0) is 13.0. The van der Waals surface area contributed by atoms with Crippen molar-refractivity contribution < 1.29 is 4.79 Å². The van der Waals surface area contributed by atoms with E-state index in [0.29, 0.717) is 0 Å². The van der Waals surface area contributed by atoms with Crippen molar-refractivity contribution in [1.29, 1.82) is 0 Å². The fraction of sp³-hybridized carbons (Fsp3) is 0.500. The van der Waals surface area contributed by atoms with Crippen LogP contribution in [0.3, 0.4) is 0 Å². The summed E-state index contributed by atoms with van der Waals surface area (Å²) in [5.74, 6) is -0.0176. The third-order valence-corrected chi connectivity index (χ3v) is 3.08. The number of benzene rings is 1. The second-order valence-corrected chi connectivity index (χ2v) is 5.38. The number of rotatable bonds is 4. The predicted molar refractivity (Wildman–Crippen MR) is 72.8 cm³/mol. The molecule has 2 atom stereocenters. The summed E-state index contributed by atoms with van der Waals surface area (Å²) in [5, 5.41) is 3.05. The van der Waals surface area contributed by atoms with Crippen LogP contribution in [-0.2, 0) is 0 Å². The highest BCUT2D eigenvalue weighted by Gasteiger charge is 2.13. The van der Waals surface area contributed by atoms with Crippen LogP contribution in [0.1, 0.15) is 41.8 Å². The van der Waals surface area contributed by atoms with Gasteiger partial charge in [-0.1, -0.05) is 12.1 Å². The smallest absolute Gasteiger partial charge is 0.251 e. The van der Waals surface area contributed by atoms with Gasteiger partial charge in [-0.2, -0.15) is 0 Å². The van der Waals surface area contributed by atoms with Crippen molar-refractivity contribution in [2.75, 3.05) is 0 Å². The standard InChI is InChI=1S/C14H20ClNO/c1-9-6-5-7-13(12(9)4)14(17)16-11(3)8-10(2)15/h5-7,10-11H,8H2,1-4H3,(H,16,17). The second kappa shape index (κ2) is 6.06. The third-order valence-electron chi connectivity index (χ3n) is 2.91. The van der Waals surface area contributed by atoms with Crippen molar-refractivity contribution in [2.24, 2.45) is 0 Å². The van der Waals surface area contributed by atoms with Gasteiger partial charge in [-0.25, -0.2) is 0 Å². The number of hydrogen-bond acceptors (Lipinski definition) is 1. The Morgan fingerprint density at radius 1 is 1.35 bits per heavy atom. The Labute approximate surface area is 108 Å². The Kier molecular flexibility index (Phi) is 5.01. The maximum Gasteiger partial charge on any atom is 0.251 e. The van der Waals surface area contributed by atoms with Crippen LogP contribution in [0, 0.1) is 13.8 Å². The second-order valence-electron chi connectivity index (χ2n) is 4.64. The molecule has 0 radical (unpaired) electrons. The molecule has 0 aliphatic heterocycles. The van der Waals surface area contributed by atoms with E-state index in [1.807, 2.05) is 45.9 Å². The van der Waals surface area contributed by atoms with Gasteiger partial charge in [-0.3, -0.25) is 4.79 Å². The molecule has 2 nitrogen and oxygen atoms in total. The van der Waals surface area contributed by atoms with Crippen LogP contribution in [0.5, 0.6) is 0 Å². The lowest BCUT2D eigenvalue weighted by Gasteiger charge is -2.16. The van der Waals surface area contributed by atoms with E-state index < -0.39 is 0 Å². The molecule has 1 aromatic rings. The minimum atomic E-state index is -0.0176. The number of carbonyl (C=O) groups excluding carboxylic acids is 1. The van der Waals surface area contributed by atoms with Gasteiger partial charge in [0.15, 0.2) is 0 Å². The van der Waals surface area contributed by atoms with E-state index in [1.54, 1.807) is 0 Å².